The van der Waals surface area contributed by atoms with Crippen molar-refractivity contribution in [3.63, 3.8) is 0 Å². The molecule has 1 fully saturated rings. The fraction of sp³-hybridized carbons (Fsp3) is 0.600. The summed E-state index contributed by atoms with van der Waals surface area (Å²) >= 11 is 5.93. The lowest BCUT2D eigenvalue weighted by Gasteiger charge is -2.15. The van der Waals surface area contributed by atoms with E-state index in [0.29, 0.717) is 23.2 Å². The summed E-state index contributed by atoms with van der Waals surface area (Å²) in [5, 5.41) is 6.08. The first-order chi connectivity index (χ1) is 7.58. The van der Waals surface area contributed by atoms with Crippen molar-refractivity contribution in [3.05, 3.63) is 21.6 Å². The van der Waals surface area contributed by atoms with Crippen molar-refractivity contribution in [2.24, 2.45) is 5.92 Å². The topological polar surface area (TPSA) is 50.2 Å². The number of hydrogen-bond donors (Lipinski definition) is 1. The van der Waals surface area contributed by atoms with Crippen LogP contribution in [0, 0.1) is 5.92 Å². The van der Waals surface area contributed by atoms with Crippen LogP contribution in [0.1, 0.15) is 12.8 Å². The zero-order valence-electron chi connectivity index (χ0n) is 9.40. The fourth-order valence-corrected chi connectivity index (χ4v) is 1.64. The molecule has 0 aliphatic heterocycles. The molecule has 0 radical (unpaired) electrons. The summed E-state index contributed by atoms with van der Waals surface area (Å²) in [5.41, 5.74) is 3.14. The van der Waals surface area contributed by atoms with Gasteiger partial charge in [0.1, 0.15) is 5.69 Å². The van der Waals surface area contributed by atoms with Crippen molar-refractivity contribution in [1.29, 1.82) is 0 Å². The van der Waals surface area contributed by atoms with E-state index in [-0.39, 0.29) is 5.56 Å². The lowest BCUT2D eigenvalue weighted by Crippen LogP contribution is -2.31. The van der Waals surface area contributed by atoms with Gasteiger partial charge < -0.3 is 5.43 Å². The van der Waals surface area contributed by atoms with Gasteiger partial charge in [0, 0.05) is 20.6 Å². The highest BCUT2D eigenvalue weighted by Crippen LogP contribution is 2.30. The van der Waals surface area contributed by atoms with Crippen molar-refractivity contribution < 1.29 is 0 Å². The second-order valence-corrected chi connectivity index (χ2v) is 4.71. The first-order valence-corrected chi connectivity index (χ1v) is 5.65. The molecule has 1 aromatic heterocycles. The van der Waals surface area contributed by atoms with E-state index in [1.165, 1.54) is 23.7 Å². The number of rotatable bonds is 4. The first kappa shape index (κ1) is 11.4. The van der Waals surface area contributed by atoms with Crippen LogP contribution in [0.2, 0.25) is 5.02 Å². The molecule has 16 heavy (non-hydrogen) atoms. The van der Waals surface area contributed by atoms with Gasteiger partial charge in [-0.3, -0.25) is 4.79 Å². The zero-order valence-corrected chi connectivity index (χ0v) is 10.2. The summed E-state index contributed by atoms with van der Waals surface area (Å²) in [5.74, 6) is 0.610. The maximum Gasteiger partial charge on any atom is 0.292 e. The van der Waals surface area contributed by atoms with E-state index >= 15 is 0 Å². The monoisotopic (exact) mass is 242 g/mol. The van der Waals surface area contributed by atoms with Gasteiger partial charge in [-0.1, -0.05) is 11.6 Å². The van der Waals surface area contributed by atoms with E-state index in [1.807, 2.05) is 0 Å². The number of anilines is 1. The maximum atomic E-state index is 12.0. The average molecular weight is 243 g/mol. The van der Waals surface area contributed by atoms with E-state index in [2.05, 4.69) is 10.5 Å². The summed E-state index contributed by atoms with van der Waals surface area (Å²) in [6.07, 6.45) is 3.89. The molecule has 0 atom stereocenters. The molecule has 0 saturated heterocycles. The standard InChI is InChI=1S/C10H15ClN4O/c1-14(2)13-9-8(11)5-12-15(10(9)16)6-7-3-4-7/h5,7,13H,3-4,6H2,1-2H3. The quantitative estimate of drug-likeness (QED) is 0.806. The summed E-state index contributed by atoms with van der Waals surface area (Å²) < 4.78 is 1.48. The lowest BCUT2D eigenvalue weighted by molar-refractivity contribution is 0.486. The van der Waals surface area contributed by atoms with Crippen LogP contribution in [0.5, 0.6) is 0 Å². The molecule has 2 rings (SSSR count). The fourth-order valence-electron chi connectivity index (χ4n) is 1.47. The molecule has 1 saturated carbocycles. The Kier molecular flexibility index (Phi) is 3.16. The Bertz CT molecular complexity index is 439. The second kappa shape index (κ2) is 4.43. The third-order valence-electron chi connectivity index (χ3n) is 2.46. The molecular weight excluding hydrogens is 228 g/mol. The van der Waals surface area contributed by atoms with Crippen molar-refractivity contribution >= 4 is 17.3 Å². The Labute approximate surface area is 99.0 Å². The van der Waals surface area contributed by atoms with Crippen LogP contribution >= 0.6 is 11.6 Å². The van der Waals surface area contributed by atoms with Gasteiger partial charge in [-0.25, -0.2) is 9.69 Å². The van der Waals surface area contributed by atoms with E-state index in [4.69, 9.17) is 11.6 Å². The third-order valence-corrected chi connectivity index (χ3v) is 2.75. The van der Waals surface area contributed by atoms with Gasteiger partial charge in [0.15, 0.2) is 0 Å². The normalized spacial score (nSPS) is 15.5. The molecular formula is C10H15ClN4O. The molecule has 0 amide bonds. The Hall–Kier alpha value is -1.07. The van der Waals surface area contributed by atoms with Crippen LogP contribution in [0.3, 0.4) is 0 Å². The van der Waals surface area contributed by atoms with E-state index < -0.39 is 0 Å². The van der Waals surface area contributed by atoms with Gasteiger partial charge in [-0.2, -0.15) is 5.10 Å². The maximum absolute atomic E-state index is 12.0. The summed E-state index contributed by atoms with van der Waals surface area (Å²) in [4.78, 5) is 12.0. The molecule has 0 aromatic carbocycles. The van der Waals surface area contributed by atoms with Gasteiger partial charge in [-0.05, 0) is 18.8 Å². The number of hydrazine groups is 1. The lowest BCUT2D eigenvalue weighted by atomic mass is 10.4. The summed E-state index contributed by atoms with van der Waals surface area (Å²) in [6.45, 7) is 0.693. The number of halogens is 1. The van der Waals surface area contributed by atoms with Crippen LogP contribution in [-0.4, -0.2) is 28.9 Å². The van der Waals surface area contributed by atoms with Gasteiger partial charge in [0.2, 0.25) is 0 Å². The van der Waals surface area contributed by atoms with Crippen molar-refractivity contribution in [2.45, 2.75) is 19.4 Å². The molecule has 88 valence electrons. The van der Waals surface area contributed by atoms with E-state index in [1.54, 1.807) is 19.1 Å². The Morgan fingerprint density at radius 3 is 2.88 bits per heavy atom. The van der Waals surface area contributed by atoms with E-state index in [9.17, 15) is 4.79 Å². The first-order valence-electron chi connectivity index (χ1n) is 5.27. The second-order valence-electron chi connectivity index (χ2n) is 4.30. The third kappa shape index (κ3) is 2.54. The predicted molar refractivity (Wildman–Crippen MR) is 63.5 cm³/mol. The molecule has 1 heterocycles. The van der Waals surface area contributed by atoms with Gasteiger partial charge >= 0.3 is 0 Å². The van der Waals surface area contributed by atoms with Gasteiger partial charge in [0.05, 0.1) is 11.2 Å². The Morgan fingerprint density at radius 2 is 2.31 bits per heavy atom. The molecule has 0 spiro atoms. The molecule has 6 heteroatoms. The molecule has 1 N–H and O–H groups in total. The number of hydrogen-bond acceptors (Lipinski definition) is 4. The highest BCUT2D eigenvalue weighted by molar-refractivity contribution is 6.32. The van der Waals surface area contributed by atoms with Crippen LogP contribution in [0.15, 0.2) is 11.0 Å². The van der Waals surface area contributed by atoms with Crippen molar-refractivity contribution in [2.75, 3.05) is 19.5 Å². The molecule has 0 unspecified atom stereocenters. The minimum absolute atomic E-state index is 0.159. The van der Waals surface area contributed by atoms with Crippen LogP contribution in [0.25, 0.3) is 0 Å². The molecule has 0 bridgehead atoms. The van der Waals surface area contributed by atoms with Crippen molar-refractivity contribution in [1.82, 2.24) is 14.8 Å². The zero-order chi connectivity index (χ0) is 11.7. The smallest absolute Gasteiger partial charge is 0.292 e. The van der Waals surface area contributed by atoms with Crippen LogP contribution in [0.4, 0.5) is 5.69 Å². The number of nitrogens with one attached hydrogen (secondary N) is 1. The summed E-state index contributed by atoms with van der Waals surface area (Å²) in [6, 6.07) is 0. The van der Waals surface area contributed by atoms with Gasteiger partial charge in [0.25, 0.3) is 5.56 Å². The largest absolute Gasteiger partial charge is 0.313 e. The average Bonchev–Trinajstić information content (AvgIpc) is 3.00. The van der Waals surface area contributed by atoms with Crippen LogP contribution < -0.4 is 11.0 Å². The molecule has 1 aliphatic carbocycles. The highest BCUT2D eigenvalue weighted by atomic mass is 35.5. The minimum Gasteiger partial charge on any atom is -0.313 e. The van der Waals surface area contributed by atoms with Crippen molar-refractivity contribution in [3.8, 4) is 0 Å². The van der Waals surface area contributed by atoms with Gasteiger partial charge in [-0.15, -0.1) is 0 Å². The molecule has 1 aliphatic rings. The number of aromatic nitrogens is 2. The molecule has 5 nitrogen and oxygen atoms in total. The Balaban J connectivity index is 2.29. The minimum atomic E-state index is -0.159. The Morgan fingerprint density at radius 1 is 1.62 bits per heavy atom. The number of nitrogens with zero attached hydrogens (tertiary/aromatic N) is 3. The predicted octanol–water partition coefficient (Wildman–Crippen LogP) is 1.20. The highest BCUT2D eigenvalue weighted by Gasteiger charge is 2.23. The van der Waals surface area contributed by atoms with E-state index in [0.717, 1.165) is 0 Å². The molecule has 1 aromatic rings. The van der Waals surface area contributed by atoms with Crippen LogP contribution in [-0.2, 0) is 6.54 Å². The summed E-state index contributed by atoms with van der Waals surface area (Å²) in [7, 11) is 3.61. The SMILES string of the molecule is CN(C)Nc1c(Cl)cnn(CC2CC2)c1=O.